The van der Waals surface area contributed by atoms with E-state index in [0.717, 1.165) is 18.5 Å². The number of nitrogens with one attached hydrogen (secondary N) is 1. The van der Waals surface area contributed by atoms with Crippen molar-refractivity contribution in [2.45, 2.75) is 25.8 Å². The third-order valence-corrected chi connectivity index (χ3v) is 4.55. The first-order valence-electron chi connectivity index (χ1n) is 5.93. The van der Waals surface area contributed by atoms with Gasteiger partial charge in [-0.15, -0.1) is 0 Å². The SMILES string of the molecule is Cc1ccc(NC2CCS(=O)CC2)cc1[N+](=O)[O-]. The third kappa shape index (κ3) is 3.07. The predicted molar refractivity (Wildman–Crippen MR) is 72.4 cm³/mol. The number of benzene rings is 1. The minimum atomic E-state index is -0.683. The molecule has 6 heteroatoms. The summed E-state index contributed by atoms with van der Waals surface area (Å²) in [5.74, 6) is 1.43. The molecule has 1 aromatic carbocycles. The highest BCUT2D eigenvalue weighted by molar-refractivity contribution is 7.85. The zero-order chi connectivity index (χ0) is 13.1. The van der Waals surface area contributed by atoms with Crippen LogP contribution in [0.2, 0.25) is 0 Å². The number of anilines is 1. The lowest BCUT2D eigenvalue weighted by Gasteiger charge is -2.23. The van der Waals surface area contributed by atoms with E-state index in [1.807, 2.05) is 6.07 Å². The summed E-state index contributed by atoms with van der Waals surface area (Å²) in [6.07, 6.45) is 1.71. The molecule has 98 valence electrons. The highest BCUT2D eigenvalue weighted by Crippen LogP contribution is 2.24. The number of nitro benzene ring substituents is 1. The lowest BCUT2D eigenvalue weighted by Crippen LogP contribution is -2.29. The van der Waals surface area contributed by atoms with Gasteiger partial charge in [-0.3, -0.25) is 14.3 Å². The molecule has 2 rings (SSSR count). The first kappa shape index (κ1) is 13.0. The molecule has 0 atom stereocenters. The van der Waals surface area contributed by atoms with Gasteiger partial charge in [0.2, 0.25) is 0 Å². The molecule has 1 aromatic rings. The minimum absolute atomic E-state index is 0.138. The lowest BCUT2D eigenvalue weighted by atomic mass is 10.1. The fourth-order valence-corrected chi connectivity index (χ4v) is 3.37. The topological polar surface area (TPSA) is 72.2 Å². The van der Waals surface area contributed by atoms with Gasteiger partial charge in [0.1, 0.15) is 0 Å². The van der Waals surface area contributed by atoms with E-state index in [9.17, 15) is 14.3 Å². The van der Waals surface area contributed by atoms with E-state index in [1.54, 1.807) is 19.1 Å². The third-order valence-electron chi connectivity index (χ3n) is 3.16. The maximum atomic E-state index is 11.2. The first-order valence-corrected chi connectivity index (χ1v) is 7.41. The standard InChI is InChI=1S/C12H16N2O3S/c1-9-2-3-11(8-12(9)14(15)16)13-10-4-6-18(17)7-5-10/h2-3,8,10,13H,4-7H2,1H3. The van der Waals surface area contributed by atoms with Crippen molar-refractivity contribution < 1.29 is 9.13 Å². The van der Waals surface area contributed by atoms with E-state index >= 15 is 0 Å². The summed E-state index contributed by atoms with van der Waals surface area (Å²) in [6, 6.07) is 5.45. The molecule has 0 saturated carbocycles. The smallest absolute Gasteiger partial charge is 0.274 e. The van der Waals surface area contributed by atoms with Crippen molar-refractivity contribution in [1.29, 1.82) is 0 Å². The van der Waals surface area contributed by atoms with E-state index < -0.39 is 10.8 Å². The van der Waals surface area contributed by atoms with Crippen LogP contribution < -0.4 is 5.32 Å². The molecular formula is C12H16N2O3S. The summed E-state index contributed by atoms with van der Waals surface area (Å²) in [5, 5.41) is 14.1. The van der Waals surface area contributed by atoms with Crippen molar-refractivity contribution >= 4 is 22.2 Å². The van der Waals surface area contributed by atoms with Crippen LogP contribution in [0.4, 0.5) is 11.4 Å². The molecule has 5 nitrogen and oxygen atoms in total. The lowest BCUT2D eigenvalue weighted by molar-refractivity contribution is -0.385. The molecule has 0 spiro atoms. The Balaban J connectivity index is 2.07. The minimum Gasteiger partial charge on any atom is -0.382 e. The summed E-state index contributed by atoms with van der Waals surface area (Å²) in [4.78, 5) is 10.5. The highest BCUT2D eigenvalue weighted by atomic mass is 32.2. The van der Waals surface area contributed by atoms with Crippen molar-refractivity contribution in [3.63, 3.8) is 0 Å². The second kappa shape index (κ2) is 5.48. The summed E-state index contributed by atoms with van der Waals surface area (Å²) >= 11 is 0. The number of hydrogen-bond donors (Lipinski definition) is 1. The van der Waals surface area contributed by atoms with Crippen LogP contribution in [0.15, 0.2) is 18.2 Å². The number of nitrogens with zero attached hydrogens (tertiary/aromatic N) is 1. The average molecular weight is 268 g/mol. The van der Waals surface area contributed by atoms with Gasteiger partial charge in [0.15, 0.2) is 0 Å². The molecule has 0 radical (unpaired) electrons. The van der Waals surface area contributed by atoms with Crippen LogP contribution in [-0.4, -0.2) is 26.7 Å². The van der Waals surface area contributed by atoms with Crippen LogP contribution >= 0.6 is 0 Å². The molecule has 1 saturated heterocycles. The van der Waals surface area contributed by atoms with Crippen LogP contribution in [0.3, 0.4) is 0 Å². The molecule has 18 heavy (non-hydrogen) atoms. The monoisotopic (exact) mass is 268 g/mol. The van der Waals surface area contributed by atoms with E-state index in [4.69, 9.17) is 0 Å². The van der Waals surface area contributed by atoms with Crippen molar-refractivity contribution in [2.24, 2.45) is 0 Å². The van der Waals surface area contributed by atoms with E-state index in [0.29, 0.717) is 17.1 Å². The average Bonchev–Trinajstić information content (AvgIpc) is 2.34. The summed E-state index contributed by atoms with van der Waals surface area (Å²) in [6.45, 7) is 1.73. The Hall–Kier alpha value is -1.43. The van der Waals surface area contributed by atoms with Crippen molar-refractivity contribution in [3.8, 4) is 0 Å². The number of hydrogen-bond acceptors (Lipinski definition) is 4. The van der Waals surface area contributed by atoms with Gasteiger partial charge in [-0.2, -0.15) is 0 Å². The summed E-state index contributed by atoms with van der Waals surface area (Å²) < 4.78 is 11.2. The van der Waals surface area contributed by atoms with Gasteiger partial charge < -0.3 is 5.32 Å². The van der Waals surface area contributed by atoms with Gasteiger partial charge in [-0.25, -0.2) is 0 Å². The Morgan fingerprint density at radius 2 is 2.06 bits per heavy atom. The molecule has 1 fully saturated rings. The molecule has 1 aliphatic rings. The normalized spacial score (nSPS) is 23.6. The van der Waals surface area contributed by atoms with Crippen LogP contribution in [0, 0.1) is 17.0 Å². The van der Waals surface area contributed by atoms with E-state index in [2.05, 4.69) is 5.32 Å². The predicted octanol–water partition coefficient (Wildman–Crippen LogP) is 2.23. The second-order valence-electron chi connectivity index (χ2n) is 4.53. The number of rotatable bonds is 3. The van der Waals surface area contributed by atoms with Gasteiger partial charge in [0, 0.05) is 45.7 Å². The van der Waals surface area contributed by atoms with Gasteiger partial charge >= 0.3 is 0 Å². The van der Waals surface area contributed by atoms with Gasteiger partial charge in [0.05, 0.1) is 4.92 Å². The maximum Gasteiger partial charge on any atom is 0.274 e. The van der Waals surface area contributed by atoms with Crippen LogP contribution in [-0.2, 0) is 10.8 Å². The maximum absolute atomic E-state index is 11.2. The molecule has 0 aromatic heterocycles. The molecule has 1 N–H and O–H groups in total. The second-order valence-corrected chi connectivity index (χ2v) is 6.22. The molecule has 0 bridgehead atoms. The van der Waals surface area contributed by atoms with Crippen molar-refractivity contribution in [1.82, 2.24) is 0 Å². The number of nitro groups is 1. The van der Waals surface area contributed by atoms with Crippen LogP contribution in [0.5, 0.6) is 0 Å². The summed E-state index contributed by atoms with van der Waals surface area (Å²) in [5.41, 5.74) is 1.57. The van der Waals surface area contributed by atoms with Crippen LogP contribution in [0.1, 0.15) is 18.4 Å². The van der Waals surface area contributed by atoms with E-state index in [1.165, 1.54) is 0 Å². The fourth-order valence-electron chi connectivity index (χ4n) is 2.07. The molecule has 0 amide bonds. The molecule has 1 heterocycles. The Bertz CT molecular complexity index is 480. The van der Waals surface area contributed by atoms with Gasteiger partial charge in [-0.1, -0.05) is 6.07 Å². The Morgan fingerprint density at radius 1 is 1.39 bits per heavy atom. The Morgan fingerprint density at radius 3 is 2.67 bits per heavy atom. The fraction of sp³-hybridized carbons (Fsp3) is 0.500. The Kier molecular flexibility index (Phi) is 3.96. The van der Waals surface area contributed by atoms with Crippen molar-refractivity contribution in [3.05, 3.63) is 33.9 Å². The first-order chi connectivity index (χ1) is 8.56. The van der Waals surface area contributed by atoms with Gasteiger partial charge in [-0.05, 0) is 25.8 Å². The Labute approximate surface area is 108 Å². The molecule has 1 aliphatic heterocycles. The largest absolute Gasteiger partial charge is 0.382 e. The molecular weight excluding hydrogens is 252 g/mol. The van der Waals surface area contributed by atoms with Crippen LogP contribution in [0.25, 0.3) is 0 Å². The highest BCUT2D eigenvalue weighted by Gasteiger charge is 2.18. The quantitative estimate of drug-likeness (QED) is 0.674. The molecule has 0 unspecified atom stereocenters. The van der Waals surface area contributed by atoms with Crippen molar-refractivity contribution in [2.75, 3.05) is 16.8 Å². The number of aryl methyl sites for hydroxylation is 1. The van der Waals surface area contributed by atoms with E-state index in [-0.39, 0.29) is 16.7 Å². The van der Waals surface area contributed by atoms with Gasteiger partial charge in [0.25, 0.3) is 5.69 Å². The zero-order valence-corrected chi connectivity index (χ0v) is 11.0. The summed E-state index contributed by atoms with van der Waals surface area (Å²) in [7, 11) is -0.683. The molecule has 0 aliphatic carbocycles. The zero-order valence-electron chi connectivity index (χ0n) is 10.2.